The molecule has 0 spiro atoms. The lowest BCUT2D eigenvalue weighted by molar-refractivity contribution is -0.125. The van der Waals surface area contributed by atoms with Crippen molar-refractivity contribution in [3.63, 3.8) is 0 Å². The molecular formula is C27H28Cl2N2O2. The van der Waals surface area contributed by atoms with E-state index in [1.807, 2.05) is 61.5 Å². The number of nitrogens with zero attached hydrogens (tertiary/aromatic N) is 1. The molecule has 33 heavy (non-hydrogen) atoms. The van der Waals surface area contributed by atoms with Gasteiger partial charge in [-0.2, -0.15) is 0 Å². The number of amides is 1. The van der Waals surface area contributed by atoms with E-state index in [1.165, 1.54) is 0 Å². The number of β-amino-alcohol motifs (C(OH)–C–C–N with tert-alkyl or cyclic N) is 1. The van der Waals surface area contributed by atoms with Gasteiger partial charge in [0.05, 0.1) is 17.6 Å². The first-order chi connectivity index (χ1) is 15.9. The molecule has 0 aliphatic carbocycles. The fraction of sp³-hybridized carbons (Fsp3) is 0.296. The smallest absolute Gasteiger partial charge is 0.235 e. The minimum atomic E-state index is -0.952. The largest absolute Gasteiger partial charge is 0.392 e. The van der Waals surface area contributed by atoms with Crippen LogP contribution in [0.15, 0.2) is 78.9 Å². The zero-order chi connectivity index (χ0) is 23.4. The van der Waals surface area contributed by atoms with E-state index in [9.17, 15) is 9.90 Å². The van der Waals surface area contributed by atoms with Gasteiger partial charge in [0.2, 0.25) is 5.91 Å². The number of aliphatic hydroxyl groups excluding tert-OH is 1. The molecule has 6 heteroatoms. The summed E-state index contributed by atoms with van der Waals surface area (Å²) in [6.07, 6.45) is 0.438. The third kappa shape index (κ3) is 5.42. The minimum absolute atomic E-state index is 0.110. The van der Waals surface area contributed by atoms with Crippen LogP contribution in [0.1, 0.15) is 36.1 Å². The molecule has 1 amide bonds. The third-order valence-electron chi connectivity index (χ3n) is 6.49. The first-order valence-electron chi connectivity index (χ1n) is 11.1. The van der Waals surface area contributed by atoms with E-state index in [1.54, 1.807) is 24.3 Å². The van der Waals surface area contributed by atoms with E-state index in [4.69, 9.17) is 23.2 Å². The number of benzene rings is 3. The van der Waals surface area contributed by atoms with Crippen LogP contribution >= 0.6 is 23.2 Å². The summed E-state index contributed by atoms with van der Waals surface area (Å²) >= 11 is 12.3. The zero-order valence-electron chi connectivity index (χ0n) is 18.5. The van der Waals surface area contributed by atoms with Crippen molar-refractivity contribution in [1.82, 2.24) is 10.2 Å². The van der Waals surface area contributed by atoms with Crippen molar-refractivity contribution in [2.75, 3.05) is 19.6 Å². The molecule has 3 aromatic carbocycles. The summed E-state index contributed by atoms with van der Waals surface area (Å²) in [4.78, 5) is 16.2. The van der Waals surface area contributed by atoms with Crippen LogP contribution in [-0.4, -0.2) is 41.7 Å². The molecular weight excluding hydrogens is 455 g/mol. The second kappa shape index (κ2) is 10.3. The monoisotopic (exact) mass is 482 g/mol. The van der Waals surface area contributed by atoms with Gasteiger partial charge in [-0.15, -0.1) is 0 Å². The van der Waals surface area contributed by atoms with Crippen molar-refractivity contribution < 1.29 is 9.90 Å². The van der Waals surface area contributed by atoms with Gasteiger partial charge < -0.3 is 10.4 Å². The zero-order valence-corrected chi connectivity index (χ0v) is 20.1. The van der Waals surface area contributed by atoms with E-state index >= 15 is 0 Å². The van der Waals surface area contributed by atoms with Gasteiger partial charge in [-0.05, 0) is 54.3 Å². The Morgan fingerprint density at radius 3 is 2.03 bits per heavy atom. The van der Waals surface area contributed by atoms with Gasteiger partial charge in [0.1, 0.15) is 0 Å². The lowest BCUT2D eigenvalue weighted by Crippen LogP contribution is -2.47. The molecule has 0 bridgehead atoms. The average molecular weight is 483 g/mol. The molecule has 1 heterocycles. The fourth-order valence-corrected chi connectivity index (χ4v) is 4.71. The molecule has 0 saturated carbocycles. The van der Waals surface area contributed by atoms with Crippen molar-refractivity contribution in [3.8, 4) is 0 Å². The van der Waals surface area contributed by atoms with Gasteiger partial charge in [0.15, 0.2) is 0 Å². The van der Waals surface area contributed by atoms with Crippen molar-refractivity contribution in [2.45, 2.75) is 30.9 Å². The Morgan fingerprint density at radius 1 is 1.00 bits per heavy atom. The quantitative estimate of drug-likeness (QED) is 0.485. The van der Waals surface area contributed by atoms with E-state index in [2.05, 4.69) is 10.2 Å². The number of rotatable bonds is 7. The van der Waals surface area contributed by atoms with Gasteiger partial charge in [0.25, 0.3) is 0 Å². The number of likely N-dealkylation sites (tertiary alicyclic amines) is 1. The van der Waals surface area contributed by atoms with Gasteiger partial charge >= 0.3 is 0 Å². The number of halogens is 2. The highest BCUT2D eigenvalue weighted by atomic mass is 35.5. The summed E-state index contributed by atoms with van der Waals surface area (Å²) in [6.45, 7) is 3.98. The maximum atomic E-state index is 14.0. The Labute approximate surface area is 205 Å². The van der Waals surface area contributed by atoms with Crippen LogP contribution in [0.2, 0.25) is 10.0 Å². The summed E-state index contributed by atoms with van der Waals surface area (Å²) in [7, 11) is 0. The number of nitrogens with one attached hydrogen (secondary N) is 1. The molecule has 4 rings (SSSR count). The van der Waals surface area contributed by atoms with Crippen LogP contribution in [0.4, 0.5) is 0 Å². The number of aliphatic hydroxyl groups is 1. The van der Waals surface area contributed by atoms with Crippen molar-refractivity contribution in [2.24, 2.45) is 0 Å². The molecule has 4 nitrogen and oxygen atoms in total. The van der Waals surface area contributed by atoms with Crippen molar-refractivity contribution >= 4 is 29.1 Å². The number of hydrogen-bond acceptors (Lipinski definition) is 3. The van der Waals surface area contributed by atoms with E-state index in [-0.39, 0.29) is 18.1 Å². The summed E-state index contributed by atoms with van der Waals surface area (Å²) < 4.78 is 0. The molecule has 0 aromatic heterocycles. The highest BCUT2D eigenvalue weighted by molar-refractivity contribution is 6.30. The molecule has 172 valence electrons. The number of carbonyl (C=O) groups excluding carboxylic acids is 1. The topological polar surface area (TPSA) is 52.6 Å². The number of hydrogen-bond donors (Lipinski definition) is 2. The van der Waals surface area contributed by atoms with Crippen molar-refractivity contribution in [3.05, 3.63) is 106 Å². The van der Waals surface area contributed by atoms with Crippen LogP contribution in [-0.2, 0) is 10.2 Å². The molecule has 3 aromatic rings. The van der Waals surface area contributed by atoms with Crippen LogP contribution in [0.5, 0.6) is 0 Å². The lowest BCUT2D eigenvalue weighted by atomic mass is 9.75. The molecule has 1 unspecified atom stereocenters. The van der Waals surface area contributed by atoms with Crippen LogP contribution < -0.4 is 5.32 Å². The standard InChI is InChI=1S/C27H28Cl2N2O2/c1-27(20-7-11-22(28)12-8-20,21-9-13-23(29)14-10-21)26(33)30-25(19-5-3-2-4-6-19)18-31-16-15-24(32)17-31/h2-14,24-25,32H,15-18H2,1H3,(H,30,33)/t24?,25-/m1/s1. The highest BCUT2D eigenvalue weighted by Crippen LogP contribution is 2.35. The minimum Gasteiger partial charge on any atom is -0.392 e. The Balaban J connectivity index is 1.69. The van der Waals surface area contributed by atoms with E-state index in [0.717, 1.165) is 29.7 Å². The molecule has 0 radical (unpaired) electrons. The first-order valence-corrected chi connectivity index (χ1v) is 11.9. The predicted octanol–water partition coefficient (Wildman–Crippen LogP) is 5.22. The van der Waals surface area contributed by atoms with Crippen LogP contribution in [0.3, 0.4) is 0 Å². The third-order valence-corrected chi connectivity index (χ3v) is 7.00. The Hall–Kier alpha value is -2.37. The highest BCUT2D eigenvalue weighted by Gasteiger charge is 2.39. The molecule has 1 aliphatic rings. The van der Waals surface area contributed by atoms with E-state index in [0.29, 0.717) is 23.1 Å². The Kier molecular flexibility index (Phi) is 7.40. The molecule has 2 atom stereocenters. The number of carbonyl (C=O) groups is 1. The fourth-order valence-electron chi connectivity index (χ4n) is 4.45. The Bertz CT molecular complexity index is 1030. The second-order valence-corrected chi connectivity index (χ2v) is 9.65. The molecule has 1 fully saturated rings. The molecule has 1 saturated heterocycles. The summed E-state index contributed by atoms with van der Waals surface area (Å²) in [5, 5.41) is 14.5. The summed E-state index contributed by atoms with van der Waals surface area (Å²) in [6, 6.07) is 24.5. The molecule has 1 aliphatic heterocycles. The maximum Gasteiger partial charge on any atom is 0.235 e. The first kappa shape index (κ1) is 23.8. The molecule has 2 N–H and O–H groups in total. The van der Waals surface area contributed by atoms with Gasteiger partial charge in [-0.1, -0.05) is 77.8 Å². The predicted molar refractivity (Wildman–Crippen MR) is 134 cm³/mol. The van der Waals surface area contributed by atoms with Gasteiger partial charge in [0, 0.05) is 29.7 Å². The van der Waals surface area contributed by atoms with Crippen molar-refractivity contribution in [1.29, 1.82) is 0 Å². The van der Waals surface area contributed by atoms with Gasteiger partial charge in [-0.25, -0.2) is 0 Å². The van der Waals surface area contributed by atoms with Gasteiger partial charge in [-0.3, -0.25) is 9.69 Å². The Morgan fingerprint density at radius 2 is 1.55 bits per heavy atom. The van der Waals surface area contributed by atoms with E-state index < -0.39 is 5.41 Å². The SMILES string of the molecule is CC(C(=O)N[C@H](CN1CCC(O)C1)c1ccccc1)(c1ccc(Cl)cc1)c1ccc(Cl)cc1. The lowest BCUT2D eigenvalue weighted by Gasteiger charge is -2.33. The normalized spacial score (nSPS) is 17.6. The second-order valence-electron chi connectivity index (χ2n) is 8.78. The summed E-state index contributed by atoms with van der Waals surface area (Å²) in [5.74, 6) is -0.110. The average Bonchev–Trinajstić information content (AvgIpc) is 3.24. The van der Waals surface area contributed by atoms with Crippen LogP contribution in [0, 0.1) is 0 Å². The summed E-state index contributed by atoms with van der Waals surface area (Å²) in [5.41, 5.74) is 1.76. The maximum absolute atomic E-state index is 14.0. The van der Waals surface area contributed by atoms with Crippen LogP contribution in [0.25, 0.3) is 0 Å².